The predicted molar refractivity (Wildman–Crippen MR) is 117 cm³/mol. The molecule has 0 amide bonds. The molecule has 0 radical (unpaired) electrons. The molecule has 3 N–H and O–H groups in total. The van der Waals surface area contributed by atoms with E-state index in [4.69, 9.17) is 10.5 Å². The molecule has 1 saturated heterocycles. The minimum absolute atomic E-state index is 0.214. The molecular weight excluding hydrogens is 394 g/mol. The van der Waals surface area contributed by atoms with E-state index in [0.29, 0.717) is 31.6 Å². The Kier molecular flexibility index (Phi) is 6.15. The van der Waals surface area contributed by atoms with Gasteiger partial charge in [0, 0.05) is 11.6 Å². The Balaban J connectivity index is 1.58. The number of ketones is 1. The molecule has 0 bridgehead atoms. The number of hydrazone groups is 1. The lowest BCUT2D eigenvalue weighted by atomic mass is 9.63. The van der Waals surface area contributed by atoms with Gasteiger partial charge in [0.15, 0.2) is 5.78 Å². The van der Waals surface area contributed by atoms with Gasteiger partial charge in [-0.3, -0.25) is 14.6 Å². The SMILES string of the molecule is NC1c2ccccc2CCC1(CC(=O)O)C(=O)c1ccc(C=NN2CCOCC2)cc1. The van der Waals surface area contributed by atoms with Crippen molar-refractivity contribution in [3.05, 3.63) is 70.8 Å². The summed E-state index contributed by atoms with van der Waals surface area (Å²) in [6.07, 6.45) is 2.51. The van der Waals surface area contributed by atoms with Crippen LogP contribution < -0.4 is 5.73 Å². The Morgan fingerprint density at radius 3 is 2.58 bits per heavy atom. The van der Waals surface area contributed by atoms with Gasteiger partial charge in [-0.25, -0.2) is 0 Å². The zero-order chi connectivity index (χ0) is 21.8. The first kappa shape index (κ1) is 21.2. The van der Waals surface area contributed by atoms with E-state index in [1.165, 1.54) is 0 Å². The Labute approximate surface area is 181 Å². The van der Waals surface area contributed by atoms with Gasteiger partial charge in [-0.05, 0) is 29.5 Å². The molecule has 2 aromatic rings. The van der Waals surface area contributed by atoms with Crippen molar-refractivity contribution in [2.75, 3.05) is 26.3 Å². The van der Waals surface area contributed by atoms with Crippen LogP contribution in [0.2, 0.25) is 0 Å². The number of ether oxygens (including phenoxy) is 1. The van der Waals surface area contributed by atoms with Crippen LogP contribution in [-0.4, -0.2) is 54.4 Å². The second-order valence-corrected chi connectivity index (χ2v) is 8.16. The summed E-state index contributed by atoms with van der Waals surface area (Å²) in [6, 6.07) is 14.2. The van der Waals surface area contributed by atoms with E-state index in [1.54, 1.807) is 18.3 Å². The highest BCUT2D eigenvalue weighted by atomic mass is 16.5. The highest BCUT2D eigenvalue weighted by Crippen LogP contribution is 2.47. The number of aliphatic carboxylic acids is 1. The van der Waals surface area contributed by atoms with Crippen molar-refractivity contribution in [3.8, 4) is 0 Å². The van der Waals surface area contributed by atoms with Gasteiger partial charge in [-0.15, -0.1) is 0 Å². The smallest absolute Gasteiger partial charge is 0.304 e. The van der Waals surface area contributed by atoms with Crippen molar-refractivity contribution >= 4 is 18.0 Å². The number of nitrogens with zero attached hydrogens (tertiary/aromatic N) is 2. The fourth-order valence-electron chi connectivity index (χ4n) is 4.50. The highest BCUT2D eigenvalue weighted by Gasteiger charge is 2.48. The molecule has 1 fully saturated rings. The largest absolute Gasteiger partial charge is 0.481 e. The number of carboxylic acid groups (broad SMARTS) is 1. The number of Topliss-reactive ketones (excluding diaryl/α,β-unsaturated/α-hetero) is 1. The average molecular weight is 421 g/mol. The molecule has 7 nitrogen and oxygen atoms in total. The molecular formula is C24H27N3O4. The van der Waals surface area contributed by atoms with E-state index >= 15 is 0 Å². The number of hydrogen-bond acceptors (Lipinski definition) is 6. The lowest BCUT2D eigenvalue weighted by Crippen LogP contribution is -2.46. The normalized spacial score (nSPS) is 23.5. The lowest BCUT2D eigenvalue weighted by Gasteiger charge is -2.41. The summed E-state index contributed by atoms with van der Waals surface area (Å²) in [4.78, 5) is 25.3. The molecule has 2 unspecified atom stereocenters. The molecule has 31 heavy (non-hydrogen) atoms. The first-order chi connectivity index (χ1) is 15.0. The van der Waals surface area contributed by atoms with Crippen LogP contribution in [0, 0.1) is 5.41 Å². The van der Waals surface area contributed by atoms with Crippen LogP contribution in [0.4, 0.5) is 0 Å². The van der Waals surface area contributed by atoms with Gasteiger partial charge >= 0.3 is 5.97 Å². The fraction of sp³-hybridized carbons (Fsp3) is 0.375. The Bertz CT molecular complexity index is 983. The first-order valence-electron chi connectivity index (χ1n) is 10.6. The van der Waals surface area contributed by atoms with Crippen LogP contribution in [0.15, 0.2) is 53.6 Å². The number of carboxylic acids is 1. The molecule has 0 aromatic heterocycles. The van der Waals surface area contributed by atoms with Crippen LogP contribution >= 0.6 is 0 Å². The molecule has 2 aliphatic rings. The number of carbonyl (C=O) groups excluding carboxylic acids is 1. The quantitative estimate of drug-likeness (QED) is 0.549. The van der Waals surface area contributed by atoms with Crippen molar-refractivity contribution in [1.29, 1.82) is 0 Å². The number of carbonyl (C=O) groups is 2. The van der Waals surface area contributed by atoms with Gasteiger partial charge in [0.1, 0.15) is 0 Å². The van der Waals surface area contributed by atoms with Gasteiger partial charge in [0.2, 0.25) is 0 Å². The van der Waals surface area contributed by atoms with E-state index in [-0.39, 0.29) is 12.2 Å². The zero-order valence-corrected chi connectivity index (χ0v) is 17.4. The minimum Gasteiger partial charge on any atom is -0.481 e. The van der Waals surface area contributed by atoms with E-state index < -0.39 is 17.4 Å². The second kappa shape index (κ2) is 8.99. The molecule has 2 aromatic carbocycles. The van der Waals surface area contributed by atoms with Gasteiger partial charge in [0.25, 0.3) is 0 Å². The first-order valence-corrected chi connectivity index (χ1v) is 10.6. The number of hydrogen-bond donors (Lipinski definition) is 2. The standard InChI is InChI=1S/C24H27N3O4/c25-22-20-4-2-1-3-18(20)9-10-24(22,15-21(28)29)23(30)19-7-5-17(6-8-19)16-26-27-11-13-31-14-12-27/h1-8,16,22H,9-15,25H2,(H,28,29). The van der Waals surface area contributed by atoms with Crippen molar-refractivity contribution in [3.63, 3.8) is 0 Å². The van der Waals surface area contributed by atoms with Crippen LogP contribution in [0.1, 0.15) is 45.9 Å². The van der Waals surface area contributed by atoms with E-state index in [9.17, 15) is 14.7 Å². The van der Waals surface area contributed by atoms with Crippen molar-refractivity contribution in [2.45, 2.75) is 25.3 Å². The maximum Gasteiger partial charge on any atom is 0.304 e. The summed E-state index contributed by atoms with van der Waals surface area (Å²) >= 11 is 0. The summed E-state index contributed by atoms with van der Waals surface area (Å²) < 4.78 is 5.31. The predicted octanol–water partition coefficient (Wildman–Crippen LogP) is 2.64. The maximum atomic E-state index is 13.6. The van der Waals surface area contributed by atoms with Crippen molar-refractivity contribution in [1.82, 2.24) is 5.01 Å². The van der Waals surface area contributed by atoms with E-state index in [2.05, 4.69) is 5.10 Å². The number of rotatable bonds is 6. The summed E-state index contributed by atoms with van der Waals surface area (Å²) in [7, 11) is 0. The molecule has 4 rings (SSSR count). The van der Waals surface area contributed by atoms with Crippen LogP contribution in [0.3, 0.4) is 0 Å². The Morgan fingerprint density at radius 1 is 1.16 bits per heavy atom. The summed E-state index contributed by atoms with van der Waals surface area (Å²) in [5.74, 6) is -1.23. The van der Waals surface area contributed by atoms with Crippen molar-refractivity contribution < 1.29 is 19.4 Å². The molecule has 2 atom stereocenters. The number of nitrogens with two attached hydrogens (primary N) is 1. The molecule has 7 heteroatoms. The third kappa shape index (κ3) is 4.38. The summed E-state index contributed by atoms with van der Waals surface area (Å²) in [5, 5.41) is 16.0. The zero-order valence-electron chi connectivity index (χ0n) is 17.4. The fourth-order valence-corrected chi connectivity index (χ4v) is 4.50. The number of morpholine rings is 1. The molecule has 0 spiro atoms. The summed E-state index contributed by atoms with van der Waals surface area (Å²) in [5.41, 5.74) is 8.67. The lowest BCUT2D eigenvalue weighted by molar-refractivity contribution is -0.139. The highest BCUT2D eigenvalue weighted by molar-refractivity contribution is 6.03. The van der Waals surface area contributed by atoms with Gasteiger partial charge in [-0.1, -0.05) is 48.5 Å². The van der Waals surface area contributed by atoms with Gasteiger partial charge in [-0.2, -0.15) is 5.10 Å². The Hall–Kier alpha value is -3.03. The minimum atomic E-state index is -1.16. The molecule has 1 heterocycles. The molecule has 162 valence electrons. The Morgan fingerprint density at radius 2 is 1.87 bits per heavy atom. The topological polar surface area (TPSA) is 105 Å². The van der Waals surface area contributed by atoms with E-state index in [1.807, 2.05) is 41.4 Å². The van der Waals surface area contributed by atoms with Gasteiger partial charge in [0.05, 0.1) is 44.4 Å². The average Bonchev–Trinajstić information content (AvgIpc) is 2.80. The molecule has 1 aliphatic carbocycles. The number of benzene rings is 2. The number of aryl methyl sites for hydroxylation is 1. The second-order valence-electron chi connectivity index (χ2n) is 8.16. The van der Waals surface area contributed by atoms with Gasteiger partial charge < -0.3 is 15.6 Å². The van der Waals surface area contributed by atoms with E-state index in [0.717, 1.165) is 29.8 Å². The van der Waals surface area contributed by atoms with Crippen LogP contribution in [0.5, 0.6) is 0 Å². The summed E-state index contributed by atoms with van der Waals surface area (Å²) in [6.45, 7) is 2.84. The maximum absolute atomic E-state index is 13.6. The third-order valence-electron chi connectivity index (χ3n) is 6.28. The van der Waals surface area contributed by atoms with Crippen LogP contribution in [0.25, 0.3) is 0 Å². The van der Waals surface area contributed by atoms with Crippen molar-refractivity contribution in [2.24, 2.45) is 16.3 Å². The monoisotopic (exact) mass is 421 g/mol. The molecule has 0 saturated carbocycles. The van der Waals surface area contributed by atoms with Crippen LogP contribution in [-0.2, 0) is 16.0 Å². The third-order valence-corrected chi connectivity index (χ3v) is 6.28. The number of fused-ring (bicyclic) bond motifs is 1. The molecule has 1 aliphatic heterocycles.